The van der Waals surface area contributed by atoms with Gasteiger partial charge in [-0.2, -0.15) is 5.26 Å². The number of hydrogen-bond donors (Lipinski definition) is 0. The second-order valence-electron chi connectivity index (χ2n) is 3.25. The molecule has 0 aromatic heterocycles. The van der Waals surface area contributed by atoms with E-state index in [0.717, 1.165) is 0 Å². The van der Waals surface area contributed by atoms with Crippen molar-refractivity contribution < 1.29 is 0 Å². The fraction of sp³-hybridized carbons (Fsp3) is 0.300. The van der Waals surface area contributed by atoms with Gasteiger partial charge in [-0.25, -0.2) is 0 Å². The summed E-state index contributed by atoms with van der Waals surface area (Å²) in [5.41, 5.74) is 1.34. The van der Waals surface area contributed by atoms with Crippen LogP contribution >= 0.6 is 69.6 Å². The second kappa shape index (κ2) is 5.61. The van der Waals surface area contributed by atoms with Crippen LogP contribution in [0.5, 0.6) is 0 Å². The van der Waals surface area contributed by atoms with Crippen LogP contribution < -0.4 is 0 Å². The van der Waals surface area contributed by atoms with Crippen molar-refractivity contribution in [1.82, 2.24) is 0 Å². The van der Waals surface area contributed by atoms with Gasteiger partial charge in [0.15, 0.2) is 0 Å². The highest BCUT2D eigenvalue weighted by Gasteiger charge is 2.29. The lowest BCUT2D eigenvalue weighted by molar-refractivity contribution is 1.13. The minimum absolute atomic E-state index is 0.141. The molecule has 1 aromatic carbocycles. The van der Waals surface area contributed by atoms with Crippen LogP contribution in [0, 0.1) is 11.3 Å². The second-order valence-corrected chi connectivity index (χ2v) is 7.81. The molecule has 0 saturated heterocycles. The Bertz CT molecular complexity index is 419. The maximum Gasteiger partial charge on any atom is 0.216 e. The molecule has 0 saturated carbocycles. The molecular formula is C10H5Cl6N. The van der Waals surface area contributed by atoms with E-state index < -0.39 is 7.59 Å². The number of rotatable bonds is 1. The van der Waals surface area contributed by atoms with Gasteiger partial charge in [0.05, 0.1) is 12.5 Å². The third kappa shape index (κ3) is 4.56. The highest BCUT2D eigenvalue weighted by molar-refractivity contribution is 6.67. The van der Waals surface area contributed by atoms with Gasteiger partial charge in [0, 0.05) is 11.1 Å². The molecule has 0 heterocycles. The van der Waals surface area contributed by atoms with E-state index in [9.17, 15) is 0 Å². The maximum absolute atomic E-state index is 8.66. The first-order valence-corrected chi connectivity index (χ1v) is 6.56. The molecule has 0 aliphatic rings. The SMILES string of the molecule is N#CCc1cc(C(Cl)(Cl)Cl)cc(C(Cl)(Cl)Cl)c1. The molecule has 0 amide bonds. The first-order valence-electron chi connectivity index (χ1n) is 4.30. The van der Waals surface area contributed by atoms with Gasteiger partial charge in [0.1, 0.15) is 0 Å². The van der Waals surface area contributed by atoms with E-state index in [1.54, 1.807) is 12.1 Å². The summed E-state index contributed by atoms with van der Waals surface area (Å²) in [4.78, 5) is 0. The van der Waals surface area contributed by atoms with Crippen molar-refractivity contribution in [2.75, 3.05) is 0 Å². The molecule has 7 heteroatoms. The molecule has 0 radical (unpaired) electrons. The van der Waals surface area contributed by atoms with Crippen molar-refractivity contribution in [1.29, 1.82) is 5.26 Å². The summed E-state index contributed by atoms with van der Waals surface area (Å²) in [6.07, 6.45) is 0.141. The Balaban J connectivity index is 3.35. The third-order valence-corrected chi connectivity index (χ3v) is 3.24. The summed E-state index contributed by atoms with van der Waals surface area (Å²) < 4.78 is -3.26. The molecule has 0 bridgehead atoms. The minimum Gasteiger partial charge on any atom is -0.198 e. The van der Waals surface area contributed by atoms with Gasteiger partial charge in [-0.1, -0.05) is 81.7 Å². The summed E-state index contributed by atoms with van der Waals surface area (Å²) in [6, 6.07) is 6.66. The van der Waals surface area contributed by atoms with Crippen LogP contribution in [0.4, 0.5) is 0 Å². The van der Waals surface area contributed by atoms with Gasteiger partial charge in [-0.3, -0.25) is 0 Å². The van der Waals surface area contributed by atoms with Crippen LogP contribution in [0.2, 0.25) is 0 Å². The van der Waals surface area contributed by atoms with Crippen LogP contribution in [0.15, 0.2) is 18.2 Å². The zero-order chi connectivity index (χ0) is 13.3. The Kier molecular flexibility index (Phi) is 5.12. The molecule has 17 heavy (non-hydrogen) atoms. The van der Waals surface area contributed by atoms with Crippen molar-refractivity contribution in [3.8, 4) is 6.07 Å². The Morgan fingerprint density at radius 1 is 0.882 bits per heavy atom. The summed E-state index contributed by atoms with van der Waals surface area (Å²) in [6.45, 7) is 0. The van der Waals surface area contributed by atoms with E-state index >= 15 is 0 Å². The molecule has 0 aliphatic heterocycles. The average Bonchev–Trinajstić information content (AvgIpc) is 2.15. The van der Waals surface area contributed by atoms with Crippen LogP contribution in [0.1, 0.15) is 16.7 Å². The van der Waals surface area contributed by atoms with Gasteiger partial charge in [0.25, 0.3) is 0 Å². The molecule has 1 rings (SSSR count). The molecule has 0 aliphatic carbocycles. The Morgan fingerprint density at radius 2 is 1.29 bits per heavy atom. The van der Waals surface area contributed by atoms with E-state index in [4.69, 9.17) is 74.9 Å². The van der Waals surface area contributed by atoms with E-state index in [1.807, 2.05) is 6.07 Å². The number of nitriles is 1. The quantitative estimate of drug-likeness (QED) is 0.621. The van der Waals surface area contributed by atoms with E-state index in [-0.39, 0.29) is 6.42 Å². The topological polar surface area (TPSA) is 23.8 Å². The lowest BCUT2D eigenvalue weighted by Crippen LogP contribution is -2.07. The van der Waals surface area contributed by atoms with E-state index in [2.05, 4.69) is 0 Å². The normalized spacial score (nSPS) is 12.3. The third-order valence-electron chi connectivity index (χ3n) is 1.93. The average molecular weight is 352 g/mol. The van der Waals surface area contributed by atoms with Crippen molar-refractivity contribution in [3.05, 3.63) is 34.9 Å². The zero-order valence-electron chi connectivity index (χ0n) is 8.15. The molecule has 1 aromatic rings. The van der Waals surface area contributed by atoms with Crippen molar-refractivity contribution in [2.45, 2.75) is 14.0 Å². The van der Waals surface area contributed by atoms with Crippen LogP contribution in [0.25, 0.3) is 0 Å². The fourth-order valence-corrected chi connectivity index (χ4v) is 1.87. The smallest absolute Gasteiger partial charge is 0.198 e. The first-order chi connectivity index (χ1) is 7.64. The lowest BCUT2D eigenvalue weighted by Gasteiger charge is -2.18. The van der Waals surface area contributed by atoms with Crippen LogP contribution in [0.3, 0.4) is 0 Å². The molecule has 0 spiro atoms. The molecule has 0 N–H and O–H groups in total. The summed E-state index contributed by atoms with van der Waals surface area (Å²) in [5, 5.41) is 8.66. The van der Waals surface area contributed by atoms with E-state index in [1.165, 1.54) is 6.07 Å². The number of nitrogens with zero attached hydrogens (tertiary/aromatic N) is 1. The van der Waals surface area contributed by atoms with Crippen molar-refractivity contribution in [3.63, 3.8) is 0 Å². The number of hydrogen-bond acceptors (Lipinski definition) is 1. The fourth-order valence-electron chi connectivity index (χ4n) is 1.21. The van der Waals surface area contributed by atoms with Crippen molar-refractivity contribution in [2.24, 2.45) is 0 Å². The molecule has 1 nitrogen and oxygen atoms in total. The van der Waals surface area contributed by atoms with Gasteiger partial charge in [-0.05, 0) is 11.6 Å². The minimum atomic E-state index is -1.63. The van der Waals surface area contributed by atoms with Crippen molar-refractivity contribution >= 4 is 69.6 Å². The van der Waals surface area contributed by atoms with Crippen LogP contribution in [-0.2, 0) is 14.0 Å². The molecular weight excluding hydrogens is 347 g/mol. The highest BCUT2D eigenvalue weighted by Crippen LogP contribution is 2.43. The molecule has 0 fully saturated rings. The van der Waals surface area contributed by atoms with E-state index in [0.29, 0.717) is 16.7 Å². The summed E-state index contributed by atoms with van der Waals surface area (Å²) in [5.74, 6) is 0. The predicted molar refractivity (Wildman–Crippen MR) is 74.2 cm³/mol. The molecule has 0 unspecified atom stereocenters. The van der Waals surface area contributed by atoms with Gasteiger partial charge < -0.3 is 0 Å². The highest BCUT2D eigenvalue weighted by atomic mass is 35.6. The Labute approximate surface area is 129 Å². The lowest BCUT2D eigenvalue weighted by atomic mass is 10.1. The zero-order valence-corrected chi connectivity index (χ0v) is 12.7. The number of benzene rings is 1. The monoisotopic (exact) mass is 349 g/mol. The largest absolute Gasteiger partial charge is 0.216 e. The summed E-state index contributed by atoms with van der Waals surface area (Å²) >= 11 is 34.6. The Hall–Kier alpha value is 0.450. The van der Waals surface area contributed by atoms with Gasteiger partial charge >= 0.3 is 0 Å². The predicted octanol–water partition coefficient (Wildman–Crippen LogP) is 5.41. The van der Waals surface area contributed by atoms with Gasteiger partial charge in [0.2, 0.25) is 7.59 Å². The maximum atomic E-state index is 8.66. The Morgan fingerprint density at radius 3 is 1.59 bits per heavy atom. The molecule has 0 atom stereocenters. The van der Waals surface area contributed by atoms with Gasteiger partial charge in [-0.15, -0.1) is 0 Å². The summed E-state index contributed by atoms with van der Waals surface area (Å²) in [7, 11) is 0. The van der Waals surface area contributed by atoms with Crippen LogP contribution in [-0.4, -0.2) is 0 Å². The number of alkyl halides is 6. The molecule has 92 valence electrons. The standard InChI is InChI=1S/C10H5Cl6N/c11-9(12,13)7-3-6(1-2-17)4-8(5-7)10(14,15)16/h3-5H,1H2. The first kappa shape index (κ1) is 15.5. The number of halogens is 6.